The Balaban J connectivity index is 2.47. The van der Waals surface area contributed by atoms with Crippen LogP contribution in [-0.4, -0.2) is 98.3 Å². The molecule has 0 aromatic heterocycles. The molecule has 1 saturated carbocycles. The van der Waals surface area contributed by atoms with Crippen LogP contribution in [0.1, 0.15) is 187 Å². The van der Waals surface area contributed by atoms with E-state index in [0.29, 0.717) is 12.8 Å². The summed E-state index contributed by atoms with van der Waals surface area (Å²) >= 11 is 0. The first-order valence-corrected chi connectivity index (χ1v) is 24.8. The van der Waals surface area contributed by atoms with Gasteiger partial charge in [0.1, 0.15) is 43.2 Å². The largest absolute Gasteiger partial charge is 0.472 e. The van der Waals surface area contributed by atoms with Crippen LogP contribution in [0.15, 0.2) is 36.5 Å². The van der Waals surface area contributed by atoms with E-state index in [2.05, 4.69) is 50.3 Å². The molecule has 0 radical (unpaired) electrons. The molecule has 0 aliphatic heterocycles. The summed E-state index contributed by atoms with van der Waals surface area (Å²) in [5.74, 6) is -1.12. The average molecular weight is 875 g/mol. The number of hydrogen-bond donors (Lipinski definition) is 6. The molecule has 1 aliphatic rings. The van der Waals surface area contributed by atoms with Gasteiger partial charge in [-0.25, -0.2) is 4.57 Å². The summed E-state index contributed by atoms with van der Waals surface area (Å²) in [6, 6.07) is 0. The molecule has 0 aromatic rings. The second-order valence-electron chi connectivity index (χ2n) is 16.3. The highest BCUT2D eigenvalue weighted by atomic mass is 31.2. The fourth-order valence-corrected chi connectivity index (χ4v) is 7.91. The predicted octanol–water partition coefficient (Wildman–Crippen LogP) is 9.00. The minimum absolute atomic E-state index is 0.0943. The standard InChI is InChI=1S/C46H83O13P/c1-3-5-7-9-11-13-15-17-19-20-21-23-24-26-28-30-32-34-39(47)56-36-38(37-57-60(54,55)59-46-44(52)42(50)41(49)43(51)45(46)53)58-40(48)35-33-31-29-27-25-22-18-16-14-12-10-8-6-4-2/h11,13,17,19,21,23,38,41-46,49-53H,3-10,12,14-16,18,20,22,24-37H2,1-2H3,(H,54,55)/b13-11+,19-17+,23-21+/t38-,41?,42-,43?,44?,45?,46?/m0/s1. The molecular weight excluding hydrogens is 791 g/mol. The molecule has 13 nitrogen and oxygen atoms in total. The lowest BCUT2D eigenvalue weighted by atomic mass is 9.85. The number of phosphoric ester groups is 1. The number of hydrogen-bond acceptors (Lipinski definition) is 12. The molecule has 0 aromatic carbocycles. The van der Waals surface area contributed by atoms with Crippen molar-refractivity contribution in [1.29, 1.82) is 0 Å². The molecule has 350 valence electrons. The molecule has 6 N–H and O–H groups in total. The zero-order chi connectivity index (χ0) is 44.3. The third-order valence-corrected chi connectivity index (χ3v) is 11.7. The molecule has 0 amide bonds. The second kappa shape index (κ2) is 36.5. The average Bonchev–Trinajstić information content (AvgIpc) is 3.23. The fourth-order valence-electron chi connectivity index (χ4n) is 6.94. The van der Waals surface area contributed by atoms with Crippen LogP contribution in [0.4, 0.5) is 0 Å². The Morgan fingerprint density at radius 3 is 1.40 bits per heavy atom. The van der Waals surface area contributed by atoms with Gasteiger partial charge in [-0.05, 0) is 51.4 Å². The maximum Gasteiger partial charge on any atom is 0.472 e. The van der Waals surface area contributed by atoms with Crippen molar-refractivity contribution in [2.24, 2.45) is 0 Å². The molecule has 0 heterocycles. The Kier molecular flexibility index (Phi) is 34.2. The van der Waals surface area contributed by atoms with Crippen molar-refractivity contribution in [2.45, 2.75) is 230 Å². The van der Waals surface area contributed by atoms with Crippen molar-refractivity contribution in [3.63, 3.8) is 0 Å². The quantitative estimate of drug-likeness (QED) is 0.0148. The Morgan fingerprint density at radius 1 is 0.517 bits per heavy atom. The van der Waals surface area contributed by atoms with E-state index in [1.54, 1.807) is 0 Å². The van der Waals surface area contributed by atoms with Crippen molar-refractivity contribution in [1.82, 2.24) is 0 Å². The minimum Gasteiger partial charge on any atom is -0.462 e. The van der Waals surface area contributed by atoms with Crippen LogP contribution in [0.5, 0.6) is 0 Å². The van der Waals surface area contributed by atoms with E-state index in [4.69, 9.17) is 18.5 Å². The van der Waals surface area contributed by atoms with Gasteiger partial charge in [0.2, 0.25) is 0 Å². The highest BCUT2D eigenvalue weighted by molar-refractivity contribution is 7.47. The van der Waals surface area contributed by atoms with Gasteiger partial charge in [-0.3, -0.25) is 18.6 Å². The number of ether oxygens (including phenoxy) is 2. The van der Waals surface area contributed by atoms with Crippen LogP contribution in [0, 0.1) is 0 Å². The van der Waals surface area contributed by atoms with Gasteiger partial charge in [-0.2, -0.15) is 0 Å². The van der Waals surface area contributed by atoms with Gasteiger partial charge < -0.3 is 39.9 Å². The van der Waals surface area contributed by atoms with Crippen LogP contribution in [-0.2, 0) is 32.7 Å². The maximum atomic E-state index is 12.8. The molecule has 6 unspecified atom stereocenters. The first-order chi connectivity index (χ1) is 28.9. The van der Waals surface area contributed by atoms with E-state index in [0.717, 1.165) is 70.6 Å². The Labute approximate surface area is 361 Å². The monoisotopic (exact) mass is 875 g/mol. The number of aliphatic hydroxyl groups excluding tert-OH is 5. The number of carbonyl (C=O) groups excluding carboxylic acids is 2. The van der Waals surface area contributed by atoms with E-state index in [1.165, 1.54) is 77.0 Å². The zero-order valence-electron chi connectivity index (χ0n) is 37.0. The first-order valence-electron chi connectivity index (χ1n) is 23.3. The number of phosphoric acid groups is 1. The number of allylic oxidation sites excluding steroid dienone is 6. The number of aliphatic hydroxyl groups is 5. The van der Waals surface area contributed by atoms with Crippen LogP contribution in [0.2, 0.25) is 0 Å². The van der Waals surface area contributed by atoms with Crippen molar-refractivity contribution in [3.8, 4) is 0 Å². The van der Waals surface area contributed by atoms with E-state index >= 15 is 0 Å². The lowest BCUT2D eigenvalue weighted by molar-refractivity contribution is -0.220. The van der Waals surface area contributed by atoms with E-state index in [9.17, 15) is 44.6 Å². The molecule has 14 heteroatoms. The van der Waals surface area contributed by atoms with Gasteiger partial charge in [0.05, 0.1) is 6.61 Å². The molecule has 0 saturated heterocycles. The van der Waals surface area contributed by atoms with E-state index in [1.807, 2.05) is 0 Å². The highest BCUT2D eigenvalue weighted by Gasteiger charge is 2.51. The maximum absolute atomic E-state index is 12.8. The molecule has 1 fully saturated rings. The van der Waals surface area contributed by atoms with Crippen LogP contribution >= 0.6 is 7.82 Å². The molecule has 1 rings (SSSR count). The Morgan fingerprint density at radius 2 is 0.900 bits per heavy atom. The summed E-state index contributed by atoms with van der Waals surface area (Å²) in [4.78, 5) is 35.7. The van der Waals surface area contributed by atoms with Crippen molar-refractivity contribution in [2.75, 3.05) is 13.2 Å². The van der Waals surface area contributed by atoms with Gasteiger partial charge in [-0.15, -0.1) is 0 Å². The van der Waals surface area contributed by atoms with Gasteiger partial charge in [0, 0.05) is 12.8 Å². The van der Waals surface area contributed by atoms with Crippen molar-refractivity contribution >= 4 is 19.8 Å². The van der Waals surface area contributed by atoms with Crippen molar-refractivity contribution < 1.29 is 63.1 Å². The fraction of sp³-hybridized carbons (Fsp3) is 0.826. The minimum atomic E-state index is -5.12. The summed E-state index contributed by atoms with van der Waals surface area (Å²) in [6.07, 6.45) is 27.6. The number of unbranched alkanes of at least 4 members (excludes halogenated alkanes) is 20. The third kappa shape index (κ3) is 28.6. The van der Waals surface area contributed by atoms with Gasteiger partial charge in [-0.1, -0.05) is 159 Å². The summed E-state index contributed by atoms with van der Waals surface area (Å²) < 4.78 is 33.5. The molecule has 60 heavy (non-hydrogen) atoms. The second-order valence-corrected chi connectivity index (χ2v) is 17.7. The molecular formula is C46H83O13P. The Hall–Kier alpha value is -1.93. The van der Waals surface area contributed by atoms with Crippen LogP contribution in [0.25, 0.3) is 0 Å². The molecule has 1 aliphatic carbocycles. The molecule has 0 bridgehead atoms. The first kappa shape index (κ1) is 56.1. The van der Waals surface area contributed by atoms with E-state index in [-0.39, 0.29) is 12.8 Å². The number of esters is 2. The van der Waals surface area contributed by atoms with Gasteiger partial charge in [0.25, 0.3) is 0 Å². The van der Waals surface area contributed by atoms with Crippen LogP contribution in [0.3, 0.4) is 0 Å². The smallest absolute Gasteiger partial charge is 0.462 e. The predicted molar refractivity (Wildman–Crippen MR) is 235 cm³/mol. The highest BCUT2D eigenvalue weighted by Crippen LogP contribution is 2.47. The lowest BCUT2D eigenvalue weighted by Crippen LogP contribution is -2.64. The topological polar surface area (TPSA) is 210 Å². The lowest BCUT2D eigenvalue weighted by Gasteiger charge is -2.41. The van der Waals surface area contributed by atoms with Gasteiger partial charge >= 0.3 is 19.8 Å². The Bertz CT molecular complexity index is 1190. The number of rotatable bonds is 38. The molecule has 8 atom stereocenters. The van der Waals surface area contributed by atoms with Crippen LogP contribution < -0.4 is 0 Å². The summed E-state index contributed by atoms with van der Waals surface area (Å²) in [5, 5.41) is 50.1. The number of carbonyl (C=O) groups is 2. The SMILES string of the molecule is CCCCC/C=C/C/C=C/C/C=C/CCCCCCC(=O)OC[C@@H](COP(=O)(O)OC1C(O)C(O)C(O)[C@H](O)C1O)OC(=O)CCCCCCCCCCCCCCCC. The summed E-state index contributed by atoms with van der Waals surface area (Å²) in [6.45, 7) is 3.25. The normalized spacial score (nSPS) is 22.5. The zero-order valence-corrected chi connectivity index (χ0v) is 37.9. The molecule has 0 spiro atoms. The summed E-state index contributed by atoms with van der Waals surface area (Å²) in [5.41, 5.74) is 0. The summed E-state index contributed by atoms with van der Waals surface area (Å²) in [7, 11) is -5.12. The third-order valence-electron chi connectivity index (χ3n) is 10.7. The van der Waals surface area contributed by atoms with E-state index < -0.39 is 75.7 Å². The van der Waals surface area contributed by atoms with Crippen molar-refractivity contribution in [3.05, 3.63) is 36.5 Å². The van der Waals surface area contributed by atoms with Gasteiger partial charge in [0.15, 0.2) is 6.10 Å².